The van der Waals surface area contributed by atoms with Crippen molar-refractivity contribution in [2.75, 3.05) is 20.1 Å². The van der Waals surface area contributed by atoms with Crippen molar-refractivity contribution in [1.29, 1.82) is 0 Å². The van der Waals surface area contributed by atoms with Gasteiger partial charge in [0.2, 0.25) is 0 Å². The number of carbonyl (C=O) groups is 1. The van der Waals surface area contributed by atoms with Gasteiger partial charge in [-0.2, -0.15) is 0 Å². The number of hydrogen-bond donors (Lipinski definition) is 0. The molecular weight excluding hydrogens is 284 g/mol. The minimum Gasteiger partial charge on any atom is -0.368 e. The first-order valence-corrected chi connectivity index (χ1v) is 7.96. The highest BCUT2D eigenvalue weighted by Crippen LogP contribution is 2.34. The Kier molecular flexibility index (Phi) is 4.40. The summed E-state index contributed by atoms with van der Waals surface area (Å²) >= 11 is 8.40. The van der Waals surface area contributed by atoms with Gasteiger partial charge in [-0.25, -0.2) is 0 Å². The minimum absolute atomic E-state index is 0.0306. The molecule has 0 radical (unpaired) electrons. The number of thiocarbonyl (C=S) groups is 1. The Morgan fingerprint density at radius 2 is 2.22 bits per heavy atom. The van der Waals surface area contributed by atoms with Crippen molar-refractivity contribution >= 4 is 46.0 Å². The molecule has 2 saturated heterocycles. The Balaban J connectivity index is 2.13. The van der Waals surface area contributed by atoms with E-state index in [0.29, 0.717) is 16.1 Å². The Labute approximate surface area is 122 Å². The summed E-state index contributed by atoms with van der Waals surface area (Å²) in [5.74, 6) is 0.0306. The summed E-state index contributed by atoms with van der Waals surface area (Å²) < 4.78 is 0.660. The highest BCUT2D eigenvalue weighted by molar-refractivity contribution is 8.26. The quantitative estimate of drug-likeness (QED) is 0.576. The lowest BCUT2D eigenvalue weighted by Crippen LogP contribution is -2.27. The molecule has 2 aliphatic rings. The average Bonchev–Trinajstić information content (AvgIpc) is 2.76. The van der Waals surface area contributed by atoms with Gasteiger partial charge in [-0.3, -0.25) is 9.69 Å². The van der Waals surface area contributed by atoms with Crippen LogP contribution in [0.1, 0.15) is 13.8 Å². The number of amides is 1. The molecule has 0 aliphatic carbocycles. The van der Waals surface area contributed by atoms with Gasteiger partial charge in [0.1, 0.15) is 4.32 Å². The van der Waals surface area contributed by atoms with Crippen LogP contribution in [0.5, 0.6) is 0 Å². The second-order valence-electron chi connectivity index (χ2n) is 4.26. The van der Waals surface area contributed by atoms with E-state index in [1.54, 1.807) is 4.90 Å². The van der Waals surface area contributed by atoms with Crippen LogP contribution in [0.3, 0.4) is 0 Å². The monoisotopic (exact) mass is 300 g/mol. The fourth-order valence-corrected chi connectivity index (χ4v) is 4.35. The maximum atomic E-state index is 12.0. The lowest BCUT2D eigenvalue weighted by atomic mass is 10.4. The van der Waals surface area contributed by atoms with Crippen molar-refractivity contribution in [3.8, 4) is 0 Å². The largest absolute Gasteiger partial charge is 0.368 e. The fourth-order valence-electron chi connectivity index (χ4n) is 1.91. The Morgan fingerprint density at radius 1 is 1.50 bits per heavy atom. The number of nitrogens with zero attached hydrogens (tertiary/aromatic N) is 2. The molecule has 0 bridgehead atoms. The van der Waals surface area contributed by atoms with Crippen LogP contribution in [0.2, 0.25) is 0 Å². The summed E-state index contributed by atoms with van der Waals surface area (Å²) in [5.41, 5.74) is 0. The number of likely N-dealkylation sites (N-methyl/N-ethyl adjacent to an activating group) is 1. The highest BCUT2D eigenvalue weighted by atomic mass is 32.2. The second-order valence-corrected chi connectivity index (χ2v) is 7.40. The summed E-state index contributed by atoms with van der Waals surface area (Å²) in [4.78, 5) is 16.6. The van der Waals surface area contributed by atoms with E-state index in [1.807, 2.05) is 30.8 Å². The smallest absolute Gasteiger partial charge is 0.266 e. The van der Waals surface area contributed by atoms with Gasteiger partial charge in [-0.1, -0.05) is 30.9 Å². The van der Waals surface area contributed by atoms with E-state index in [2.05, 4.69) is 18.9 Å². The maximum absolute atomic E-state index is 12.0. The molecule has 1 amide bonds. The van der Waals surface area contributed by atoms with Gasteiger partial charge in [0.15, 0.2) is 0 Å². The first kappa shape index (κ1) is 14.0. The van der Waals surface area contributed by atoms with Crippen LogP contribution < -0.4 is 0 Å². The number of allylic oxidation sites excluding steroid dienone is 2. The molecule has 2 aliphatic heterocycles. The van der Waals surface area contributed by atoms with Crippen molar-refractivity contribution in [2.24, 2.45) is 0 Å². The van der Waals surface area contributed by atoms with Gasteiger partial charge in [-0.15, -0.1) is 11.8 Å². The molecule has 2 fully saturated rings. The van der Waals surface area contributed by atoms with Crippen LogP contribution in [-0.2, 0) is 4.79 Å². The van der Waals surface area contributed by atoms with Crippen LogP contribution in [0.25, 0.3) is 0 Å². The zero-order chi connectivity index (χ0) is 13.3. The second kappa shape index (κ2) is 5.67. The van der Waals surface area contributed by atoms with Crippen molar-refractivity contribution in [2.45, 2.75) is 19.1 Å². The molecule has 0 aromatic carbocycles. The normalized spacial score (nSPS) is 29.2. The van der Waals surface area contributed by atoms with Crippen molar-refractivity contribution in [3.63, 3.8) is 0 Å². The number of hydrogen-bond acceptors (Lipinski definition) is 5. The van der Waals surface area contributed by atoms with Crippen molar-refractivity contribution in [3.05, 3.63) is 22.1 Å². The minimum atomic E-state index is 0.0306. The van der Waals surface area contributed by atoms with E-state index >= 15 is 0 Å². The Hall–Kier alpha value is -0.460. The predicted octanol–water partition coefficient (Wildman–Crippen LogP) is 2.66. The van der Waals surface area contributed by atoms with E-state index in [0.717, 1.165) is 11.4 Å². The third-order valence-corrected chi connectivity index (χ3v) is 5.43. The molecule has 6 heteroatoms. The van der Waals surface area contributed by atoms with Gasteiger partial charge >= 0.3 is 0 Å². The average molecular weight is 300 g/mol. The summed E-state index contributed by atoms with van der Waals surface area (Å²) in [5, 5.41) is 1.82. The first-order chi connectivity index (χ1) is 8.52. The van der Waals surface area contributed by atoms with Crippen LogP contribution >= 0.6 is 35.7 Å². The number of thioether (sulfide) groups is 2. The summed E-state index contributed by atoms with van der Waals surface area (Å²) in [6, 6.07) is 0. The molecule has 18 heavy (non-hydrogen) atoms. The van der Waals surface area contributed by atoms with Crippen LogP contribution in [0.15, 0.2) is 22.1 Å². The third kappa shape index (κ3) is 2.75. The van der Waals surface area contributed by atoms with E-state index in [1.165, 1.54) is 16.8 Å². The van der Waals surface area contributed by atoms with Gasteiger partial charge in [0.05, 0.1) is 9.93 Å². The number of carbonyl (C=O) groups excluding carboxylic acids is 1. The Bertz CT molecular complexity index is 445. The van der Waals surface area contributed by atoms with E-state index < -0.39 is 0 Å². The van der Waals surface area contributed by atoms with Crippen LogP contribution in [0, 0.1) is 0 Å². The predicted molar refractivity (Wildman–Crippen MR) is 83.4 cm³/mol. The molecular formula is C12H16N2OS3. The molecule has 1 atom stereocenters. The van der Waals surface area contributed by atoms with E-state index in [-0.39, 0.29) is 5.91 Å². The highest BCUT2D eigenvalue weighted by Gasteiger charge is 2.30. The van der Waals surface area contributed by atoms with Gasteiger partial charge in [0.25, 0.3) is 5.91 Å². The molecule has 0 spiro atoms. The molecule has 2 rings (SSSR count). The van der Waals surface area contributed by atoms with Crippen LogP contribution in [0.4, 0.5) is 0 Å². The Morgan fingerprint density at radius 3 is 2.72 bits per heavy atom. The molecule has 2 heterocycles. The topological polar surface area (TPSA) is 23.6 Å². The summed E-state index contributed by atoms with van der Waals surface area (Å²) in [6.45, 7) is 5.84. The molecule has 98 valence electrons. The number of rotatable bonds is 2. The lowest BCUT2D eigenvalue weighted by molar-refractivity contribution is -0.122. The van der Waals surface area contributed by atoms with Crippen LogP contribution in [-0.4, -0.2) is 45.4 Å². The molecule has 0 N–H and O–H groups in total. The van der Waals surface area contributed by atoms with Gasteiger partial charge < -0.3 is 4.90 Å². The SMILES string of the molecule is CCN1C(=O)/C(=C\C=C2/SC(C)CN2C)SC1=S. The van der Waals surface area contributed by atoms with E-state index in [4.69, 9.17) is 12.2 Å². The van der Waals surface area contributed by atoms with Gasteiger partial charge in [0, 0.05) is 25.4 Å². The molecule has 0 saturated carbocycles. The standard InChI is InChI=1S/C12H16N2OS3/c1-4-14-11(15)9(18-12(14)16)5-6-10-13(3)7-8(2)17-10/h5-6,8H,4,7H2,1-3H3/b9-5+,10-6-. The summed E-state index contributed by atoms with van der Waals surface area (Å²) in [6.07, 6.45) is 3.92. The summed E-state index contributed by atoms with van der Waals surface area (Å²) in [7, 11) is 2.08. The maximum Gasteiger partial charge on any atom is 0.266 e. The molecule has 0 aromatic rings. The van der Waals surface area contributed by atoms with E-state index in [9.17, 15) is 4.79 Å². The molecule has 0 aromatic heterocycles. The zero-order valence-corrected chi connectivity index (χ0v) is 13.1. The molecule has 3 nitrogen and oxygen atoms in total. The lowest BCUT2D eigenvalue weighted by Gasteiger charge is -2.10. The third-order valence-electron chi connectivity index (χ3n) is 2.80. The van der Waals surface area contributed by atoms with Crippen molar-refractivity contribution < 1.29 is 4.79 Å². The molecule has 1 unspecified atom stereocenters. The zero-order valence-electron chi connectivity index (χ0n) is 10.7. The fraction of sp³-hybridized carbons (Fsp3) is 0.500. The van der Waals surface area contributed by atoms with Gasteiger partial charge in [-0.05, 0) is 19.1 Å². The first-order valence-electron chi connectivity index (χ1n) is 5.86. The van der Waals surface area contributed by atoms with Crippen molar-refractivity contribution in [1.82, 2.24) is 9.80 Å².